The average molecular weight is 366 g/mol. The maximum atomic E-state index is 12.2. The van der Waals surface area contributed by atoms with Gasteiger partial charge in [0.1, 0.15) is 11.7 Å². The van der Waals surface area contributed by atoms with E-state index in [2.05, 4.69) is 27.5 Å². The highest BCUT2D eigenvalue weighted by Crippen LogP contribution is 2.35. The summed E-state index contributed by atoms with van der Waals surface area (Å²) in [4.78, 5) is 21.0. The van der Waals surface area contributed by atoms with E-state index in [0.717, 1.165) is 18.4 Å². The molecule has 1 aliphatic rings. The van der Waals surface area contributed by atoms with Crippen molar-refractivity contribution in [3.8, 4) is 0 Å². The first kappa shape index (κ1) is 18.7. The number of rotatable bonds is 5. The van der Waals surface area contributed by atoms with Crippen molar-refractivity contribution in [2.24, 2.45) is 10.7 Å². The van der Waals surface area contributed by atoms with Crippen LogP contribution in [0.3, 0.4) is 0 Å². The summed E-state index contributed by atoms with van der Waals surface area (Å²) in [6, 6.07) is 10.8. The molecule has 27 heavy (non-hydrogen) atoms. The minimum Gasteiger partial charge on any atom is -0.398 e. The van der Waals surface area contributed by atoms with Crippen LogP contribution in [-0.2, 0) is 0 Å². The van der Waals surface area contributed by atoms with Gasteiger partial charge in [-0.3, -0.25) is 10.3 Å². The van der Waals surface area contributed by atoms with Crippen LogP contribution in [0.25, 0.3) is 0 Å². The number of nitrogens with one attached hydrogen (secondary N) is 2. The van der Waals surface area contributed by atoms with Gasteiger partial charge in [-0.25, -0.2) is 9.78 Å². The number of amides is 2. The first-order valence-corrected chi connectivity index (χ1v) is 9.10. The highest BCUT2D eigenvalue weighted by Gasteiger charge is 2.31. The van der Waals surface area contributed by atoms with Gasteiger partial charge < -0.3 is 16.8 Å². The molecule has 0 radical (unpaired) electrons. The maximum Gasteiger partial charge on any atom is 0.320 e. The van der Waals surface area contributed by atoms with Crippen molar-refractivity contribution in [3.63, 3.8) is 0 Å². The number of amidine groups is 1. The minimum absolute atomic E-state index is 0.0963. The number of nitrogen functional groups attached to an aromatic ring is 1. The summed E-state index contributed by atoms with van der Waals surface area (Å²) in [5, 5.41) is 5.57. The summed E-state index contributed by atoms with van der Waals surface area (Å²) in [7, 11) is 0. The van der Waals surface area contributed by atoms with Crippen LogP contribution >= 0.6 is 0 Å². The van der Waals surface area contributed by atoms with Crippen molar-refractivity contribution in [1.82, 2.24) is 10.3 Å². The molecule has 0 saturated heterocycles. The molecule has 1 atom stereocenters. The molecule has 0 spiro atoms. The molecule has 1 aromatic carbocycles. The summed E-state index contributed by atoms with van der Waals surface area (Å²) < 4.78 is 0. The Kier molecular flexibility index (Phi) is 5.30. The zero-order chi connectivity index (χ0) is 19.4. The van der Waals surface area contributed by atoms with Crippen LogP contribution in [0.15, 0.2) is 47.6 Å². The van der Waals surface area contributed by atoms with Gasteiger partial charge in [-0.05, 0) is 38.7 Å². The van der Waals surface area contributed by atoms with E-state index in [1.807, 2.05) is 37.3 Å². The molecule has 3 rings (SSSR count). The number of nitrogens with zero attached hydrogens (tertiary/aromatic N) is 2. The summed E-state index contributed by atoms with van der Waals surface area (Å²) in [6.45, 7) is 4.00. The fourth-order valence-corrected chi connectivity index (χ4v) is 3.08. The normalized spacial score (nSPS) is 16.9. The predicted molar refractivity (Wildman–Crippen MR) is 109 cm³/mol. The second kappa shape index (κ2) is 7.65. The quantitative estimate of drug-likeness (QED) is 0.480. The van der Waals surface area contributed by atoms with Crippen molar-refractivity contribution < 1.29 is 4.79 Å². The molecule has 7 nitrogen and oxygen atoms in total. The first-order chi connectivity index (χ1) is 12.9. The van der Waals surface area contributed by atoms with Gasteiger partial charge in [0, 0.05) is 18.0 Å². The highest BCUT2D eigenvalue weighted by molar-refractivity contribution is 6.02. The standard InChI is InChI=1S/C20H26N6O/c1-13(14-7-4-3-5-8-14)24-19(27)25-17-11-16(21)15(12-23-17)18(22)26-20(2)9-6-10-20/h3-5,7-8,11-13H,6,9-10H2,1-2H3,(H2,22,26)(H4,21,23,24,25,27)/t13-/m1/s1. The molecule has 0 unspecified atom stereocenters. The third kappa shape index (κ3) is 4.55. The van der Waals surface area contributed by atoms with Crippen LogP contribution in [0.4, 0.5) is 16.3 Å². The van der Waals surface area contributed by atoms with Crippen LogP contribution in [0.2, 0.25) is 0 Å². The summed E-state index contributed by atoms with van der Waals surface area (Å²) in [6.07, 6.45) is 4.77. The Labute approximate surface area is 159 Å². The molecule has 6 N–H and O–H groups in total. The minimum atomic E-state index is -0.352. The van der Waals surface area contributed by atoms with E-state index in [4.69, 9.17) is 11.5 Å². The zero-order valence-electron chi connectivity index (χ0n) is 15.7. The molecule has 142 valence electrons. The van der Waals surface area contributed by atoms with E-state index < -0.39 is 0 Å². The number of benzene rings is 1. The monoisotopic (exact) mass is 366 g/mol. The van der Waals surface area contributed by atoms with E-state index >= 15 is 0 Å². The second-order valence-corrected chi connectivity index (χ2v) is 7.24. The summed E-state index contributed by atoms with van der Waals surface area (Å²) in [5.41, 5.74) is 14.1. The topological polar surface area (TPSA) is 118 Å². The number of urea groups is 1. The Morgan fingerprint density at radius 2 is 2.00 bits per heavy atom. The van der Waals surface area contributed by atoms with E-state index in [-0.39, 0.29) is 17.6 Å². The molecule has 1 fully saturated rings. The Morgan fingerprint density at radius 1 is 1.30 bits per heavy atom. The summed E-state index contributed by atoms with van der Waals surface area (Å²) >= 11 is 0. The van der Waals surface area contributed by atoms with Gasteiger partial charge in [0.05, 0.1) is 17.1 Å². The van der Waals surface area contributed by atoms with Gasteiger partial charge in [0.2, 0.25) is 0 Å². The van der Waals surface area contributed by atoms with Crippen molar-refractivity contribution in [2.75, 3.05) is 11.1 Å². The largest absolute Gasteiger partial charge is 0.398 e. The molecule has 7 heteroatoms. The molecule has 0 aliphatic heterocycles. The molecular formula is C20H26N6O. The third-order valence-corrected chi connectivity index (χ3v) is 4.92. The van der Waals surface area contributed by atoms with Gasteiger partial charge in [-0.15, -0.1) is 0 Å². The molecule has 0 bridgehead atoms. The summed E-state index contributed by atoms with van der Waals surface area (Å²) in [5.74, 6) is 0.743. The van der Waals surface area contributed by atoms with Crippen molar-refractivity contribution in [3.05, 3.63) is 53.7 Å². The number of hydrogen-bond acceptors (Lipinski definition) is 4. The average Bonchev–Trinajstić information content (AvgIpc) is 2.61. The Morgan fingerprint density at radius 3 is 2.59 bits per heavy atom. The van der Waals surface area contributed by atoms with E-state index in [0.29, 0.717) is 22.9 Å². The van der Waals surface area contributed by atoms with Gasteiger partial charge >= 0.3 is 6.03 Å². The third-order valence-electron chi connectivity index (χ3n) is 4.92. The van der Waals surface area contributed by atoms with Crippen LogP contribution in [-0.4, -0.2) is 22.4 Å². The lowest BCUT2D eigenvalue weighted by Crippen LogP contribution is -2.34. The van der Waals surface area contributed by atoms with Crippen molar-refractivity contribution in [1.29, 1.82) is 0 Å². The Balaban J connectivity index is 1.64. The van der Waals surface area contributed by atoms with E-state index in [1.165, 1.54) is 6.42 Å². The fourth-order valence-electron chi connectivity index (χ4n) is 3.08. The molecular weight excluding hydrogens is 340 g/mol. The zero-order valence-corrected chi connectivity index (χ0v) is 15.7. The van der Waals surface area contributed by atoms with Crippen molar-refractivity contribution >= 4 is 23.4 Å². The smallest absolute Gasteiger partial charge is 0.320 e. The van der Waals surface area contributed by atoms with E-state index in [1.54, 1.807) is 12.3 Å². The number of carbonyl (C=O) groups is 1. The molecule has 1 saturated carbocycles. The predicted octanol–water partition coefficient (Wildman–Crippen LogP) is 3.19. The van der Waals surface area contributed by atoms with Crippen LogP contribution < -0.4 is 22.1 Å². The molecule has 1 aliphatic carbocycles. The van der Waals surface area contributed by atoms with Crippen molar-refractivity contribution in [2.45, 2.75) is 44.7 Å². The Bertz CT molecular complexity index is 845. The highest BCUT2D eigenvalue weighted by atomic mass is 16.2. The number of aliphatic imine (C=N–C) groups is 1. The number of aromatic nitrogens is 1. The second-order valence-electron chi connectivity index (χ2n) is 7.24. The molecule has 1 heterocycles. The van der Waals surface area contributed by atoms with Gasteiger partial charge in [0.25, 0.3) is 0 Å². The Hall–Kier alpha value is -3.09. The number of hydrogen-bond donors (Lipinski definition) is 4. The van der Waals surface area contributed by atoms with Gasteiger partial charge in [-0.2, -0.15) is 0 Å². The van der Waals surface area contributed by atoms with Gasteiger partial charge in [-0.1, -0.05) is 30.3 Å². The fraction of sp³-hybridized carbons (Fsp3) is 0.350. The number of carbonyl (C=O) groups excluding carboxylic acids is 1. The van der Waals surface area contributed by atoms with Gasteiger partial charge in [0.15, 0.2) is 0 Å². The molecule has 1 aromatic heterocycles. The molecule has 2 amide bonds. The maximum absolute atomic E-state index is 12.2. The lowest BCUT2D eigenvalue weighted by molar-refractivity contribution is 0.249. The number of pyridine rings is 1. The number of nitrogens with two attached hydrogens (primary N) is 2. The number of anilines is 2. The first-order valence-electron chi connectivity index (χ1n) is 9.10. The van der Waals surface area contributed by atoms with Crippen LogP contribution in [0, 0.1) is 0 Å². The lowest BCUT2D eigenvalue weighted by atomic mass is 9.79. The lowest BCUT2D eigenvalue weighted by Gasteiger charge is -2.34. The van der Waals surface area contributed by atoms with Crippen LogP contribution in [0.1, 0.15) is 50.3 Å². The van der Waals surface area contributed by atoms with E-state index in [9.17, 15) is 4.79 Å². The van der Waals surface area contributed by atoms with Crippen LogP contribution in [0.5, 0.6) is 0 Å². The SMILES string of the molecule is C[C@@H](NC(=O)Nc1cc(N)c(C(N)=NC2(C)CCC2)cn1)c1ccccc1. The molecule has 2 aromatic rings.